The maximum absolute atomic E-state index is 12.5. The minimum Gasteiger partial charge on any atom is -0.468 e. The van der Waals surface area contributed by atoms with Crippen LogP contribution in [0.2, 0.25) is 0 Å². The fourth-order valence-electron chi connectivity index (χ4n) is 4.33. The third-order valence-corrected chi connectivity index (χ3v) is 5.92. The van der Waals surface area contributed by atoms with E-state index in [4.69, 9.17) is 4.42 Å². The molecule has 4 rings (SSSR count). The van der Waals surface area contributed by atoms with Gasteiger partial charge >= 0.3 is 0 Å². The SMILES string of the molecule is O=C(NC1CCN([C@H]2CCCC[C@@H]2O)CC1)c1ccoc1C1CC1. The minimum atomic E-state index is -0.170. The van der Waals surface area contributed by atoms with Crippen LogP contribution in [0.15, 0.2) is 16.7 Å². The van der Waals surface area contributed by atoms with Crippen molar-refractivity contribution in [3.05, 3.63) is 23.7 Å². The van der Waals surface area contributed by atoms with Gasteiger partial charge in [0.25, 0.3) is 5.91 Å². The molecule has 1 saturated heterocycles. The first-order chi connectivity index (χ1) is 11.7. The maximum atomic E-state index is 12.5. The number of carbonyl (C=O) groups is 1. The summed E-state index contributed by atoms with van der Waals surface area (Å²) in [6.45, 7) is 1.93. The Morgan fingerprint density at radius 2 is 1.88 bits per heavy atom. The molecule has 0 radical (unpaired) electrons. The molecule has 2 N–H and O–H groups in total. The number of aliphatic hydroxyl groups is 1. The Labute approximate surface area is 143 Å². The van der Waals surface area contributed by atoms with Gasteiger partial charge in [-0.05, 0) is 44.6 Å². The summed E-state index contributed by atoms with van der Waals surface area (Å²) < 4.78 is 5.51. The van der Waals surface area contributed by atoms with Crippen LogP contribution in [0.4, 0.5) is 0 Å². The molecule has 132 valence electrons. The summed E-state index contributed by atoms with van der Waals surface area (Å²) >= 11 is 0. The summed E-state index contributed by atoms with van der Waals surface area (Å²) in [5.41, 5.74) is 0.725. The fraction of sp³-hybridized carbons (Fsp3) is 0.737. The van der Waals surface area contributed by atoms with E-state index in [0.717, 1.165) is 69.4 Å². The summed E-state index contributed by atoms with van der Waals surface area (Å²) in [5, 5.41) is 13.4. The molecule has 1 aliphatic heterocycles. The lowest BCUT2D eigenvalue weighted by molar-refractivity contribution is 0.00727. The van der Waals surface area contributed by atoms with Crippen LogP contribution in [0.3, 0.4) is 0 Å². The molecule has 0 bridgehead atoms. The van der Waals surface area contributed by atoms with Crippen molar-refractivity contribution in [2.45, 2.75) is 75.5 Å². The topological polar surface area (TPSA) is 65.7 Å². The van der Waals surface area contributed by atoms with Crippen LogP contribution in [0, 0.1) is 0 Å². The second-order valence-electron chi connectivity index (χ2n) is 7.68. The monoisotopic (exact) mass is 332 g/mol. The molecular weight excluding hydrogens is 304 g/mol. The zero-order chi connectivity index (χ0) is 16.5. The molecule has 1 amide bonds. The summed E-state index contributed by atoms with van der Waals surface area (Å²) in [7, 11) is 0. The van der Waals surface area contributed by atoms with Crippen LogP contribution >= 0.6 is 0 Å². The Balaban J connectivity index is 1.30. The number of likely N-dealkylation sites (tertiary alicyclic amines) is 1. The van der Waals surface area contributed by atoms with E-state index >= 15 is 0 Å². The predicted octanol–water partition coefficient (Wildman–Crippen LogP) is 2.65. The molecule has 1 aromatic heterocycles. The number of hydrogen-bond acceptors (Lipinski definition) is 4. The highest BCUT2D eigenvalue weighted by Gasteiger charge is 2.34. The summed E-state index contributed by atoms with van der Waals surface area (Å²) in [4.78, 5) is 15.0. The van der Waals surface area contributed by atoms with Crippen molar-refractivity contribution in [3.63, 3.8) is 0 Å². The molecule has 3 aliphatic rings. The van der Waals surface area contributed by atoms with Crippen molar-refractivity contribution in [2.75, 3.05) is 13.1 Å². The Morgan fingerprint density at radius 1 is 1.12 bits per heavy atom. The average Bonchev–Trinajstić information content (AvgIpc) is 3.32. The van der Waals surface area contributed by atoms with E-state index in [2.05, 4.69) is 10.2 Å². The zero-order valence-corrected chi connectivity index (χ0v) is 14.2. The number of piperidine rings is 1. The lowest BCUT2D eigenvalue weighted by Gasteiger charge is -2.41. The molecule has 2 heterocycles. The normalized spacial score (nSPS) is 29.5. The van der Waals surface area contributed by atoms with Crippen LogP contribution in [0.5, 0.6) is 0 Å². The second-order valence-corrected chi connectivity index (χ2v) is 7.68. The average molecular weight is 332 g/mol. The third kappa shape index (κ3) is 3.38. The molecule has 3 fully saturated rings. The van der Waals surface area contributed by atoms with Crippen LogP contribution in [0.25, 0.3) is 0 Å². The first-order valence-corrected chi connectivity index (χ1v) is 9.52. The highest BCUT2D eigenvalue weighted by molar-refractivity contribution is 5.95. The smallest absolute Gasteiger partial charge is 0.255 e. The zero-order valence-electron chi connectivity index (χ0n) is 14.2. The van der Waals surface area contributed by atoms with Crippen molar-refractivity contribution in [1.29, 1.82) is 0 Å². The van der Waals surface area contributed by atoms with Gasteiger partial charge in [-0.25, -0.2) is 0 Å². The molecule has 0 spiro atoms. The summed E-state index contributed by atoms with van der Waals surface area (Å²) in [6, 6.07) is 2.36. The number of aliphatic hydroxyl groups excluding tert-OH is 1. The number of nitrogens with zero attached hydrogens (tertiary/aromatic N) is 1. The van der Waals surface area contributed by atoms with Crippen LogP contribution in [0.1, 0.15) is 73.4 Å². The first kappa shape index (κ1) is 16.2. The van der Waals surface area contributed by atoms with E-state index in [1.807, 2.05) is 0 Å². The Kier molecular flexibility index (Phi) is 4.63. The number of hydrogen-bond donors (Lipinski definition) is 2. The van der Waals surface area contributed by atoms with Crippen molar-refractivity contribution in [1.82, 2.24) is 10.2 Å². The number of rotatable bonds is 4. The van der Waals surface area contributed by atoms with Gasteiger partial charge in [0.1, 0.15) is 5.76 Å². The molecule has 5 heteroatoms. The van der Waals surface area contributed by atoms with Gasteiger partial charge in [-0.1, -0.05) is 12.8 Å². The largest absolute Gasteiger partial charge is 0.468 e. The highest BCUT2D eigenvalue weighted by Crippen LogP contribution is 2.42. The molecule has 2 saturated carbocycles. The third-order valence-electron chi connectivity index (χ3n) is 5.92. The van der Waals surface area contributed by atoms with Gasteiger partial charge in [0.2, 0.25) is 0 Å². The second kappa shape index (κ2) is 6.89. The summed E-state index contributed by atoms with van der Waals surface area (Å²) in [5.74, 6) is 1.34. The van der Waals surface area contributed by atoms with E-state index in [-0.39, 0.29) is 18.1 Å². The molecule has 5 nitrogen and oxygen atoms in total. The van der Waals surface area contributed by atoms with Crippen LogP contribution in [-0.4, -0.2) is 47.2 Å². The van der Waals surface area contributed by atoms with Gasteiger partial charge in [0.05, 0.1) is 17.9 Å². The van der Waals surface area contributed by atoms with Crippen molar-refractivity contribution in [3.8, 4) is 0 Å². The molecular formula is C19H28N2O3. The molecule has 0 aromatic carbocycles. The Morgan fingerprint density at radius 3 is 2.58 bits per heavy atom. The lowest BCUT2D eigenvalue weighted by atomic mass is 9.89. The van der Waals surface area contributed by atoms with Crippen molar-refractivity contribution >= 4 is 5.91 Å². The molecule has 24 heavy (non-hydrogen) atoms. The number of furan rings is 1. The molecule has 2 aliphatic carbocycles. The number of nitrogens with one attached hydrogen (secondary N) is 1. The quantitative estimate of drug-likeness (QED) is 0.890. The van der Waals surface area contributed by atoms with Crippen LogP contribution in [-0.2, 0) is 0 Å². The fourth-order valence-corrected chi connectivity index (χ4v) is 4.33. The van der Waals surface area contributed by atoms with Gasteiger partial charge in [0.15, 0.2) is 0 Å². The molecule has 2 atom stereocenters. The van der Waals surface area contributed by atoms with E-state index in [1.165, 1.54) is 6.42 Å². The van der Waals surface area contributed by atoms with E-state index in [1.54, 1.807) is 12.3 Å². The van der Waals surface area contributed by atoms with Gasteiger partial charge in [-0.2, -0.15) is 0 Å². The predicted molar refractivity (Wildman–Crippen MR) is 91.0 cm³/mol. The van der Waals surface area contributed by atoms with E-state index < -0.39 is 0 Å². The Bertz CT molecular complexity index is 573. The van der Waals surface area contributed by atoms with Gasteiger partial charge in [0, 0.05) is 31.1 Å². The van der Waals surface area contributed by atoms with Crippen molar-refractivity contribution < 1.29 is 14.3 Å². The van der Waals surface area contributed by atoms with E-state index in [0.29, 0.717) is 12.0 Å². The van der Waals surface area contributed by atoms with Crippen molar-refractivity contribution in [2.24, 2.45) is 0 Å². The summed E-state index contributed by atoms with van der Waals surface area (Å²) in [6.07, 6.45) is 10.1. The van der Waals surface area contributed by atoms with E-state index in [9.17, 15) is 9.90 Å². The minimum absolute atomic E-state index is 0.0156. The number of amides is 1. The molecule has 1 aromatic rings. The molecule has 0 unspecified atom stereocenters. The van der Waals surface area contributed by atoms with Crippen LogP contribution < -0.4 is 5.32 Å². The van der Waals surface area contributed by atoms with Gasteiger partial charge < -0.3 is 14.8 Å². The first-order valence-electron chi connectivity index (χ1n) is 9.52. The maximum Gasteiger partial charge on any atom is 0.255 e. The van der Waals surface area contributed by atoms with Gasteiger partial charge in [-0.15, -0.1) is 0 Å². The number of carbonyl (C=O) groups excluding carboxylic acids is 1. The standard InChI is InChI=1S/C19H28N2O3/c22-17-4-2-1-3-16(17)21-10-7-14(8-11-21)20-19(23)15-9-12-24-18(15)13-5-6-13/h9,12-14,16-17,22H,1-8,10-11H2,(H,20,23)/t16-,17-/m0/s1. The highest BCUT2D eigenvalue weighted by atomic mass is 16.3. The Hall–Kier alpha value is -1.33. The lowest BCUT2D eigenvalue weighted by Crippen LogP contribution is -2.52. The van der Waals surface area contributed by atoms with Gasteiger partial charge in [-0.3, -0.25) is 9.69 Å².